The maximum absolute atomic E-state index is 5.90. The molecule has 1 aliphatic rings. The van der Waals surface area contributed by atoms with Gasteiger partial charge in [-0.1, -0.05) is 19.1 Å². The van der Waals surface area contributed by atoms with E-state index in [2.05, 4.69) is 43.1 Å². The lowest BCUT2D eigenvalue weighted by molar-refractivity contribution is 0.208. The molecule has 0 spiro atoms. The fourth-order valence-corrected chi connectivity index (χ4v) is 1.99. The van der Waals surface area contributed by atoms with E-state index >= 15 is 0 Å². The topological polar surface area (TPSA) is 12.5 Å². The third kappa shape index (κ3) is 2.72. The number of ether oxygens (including phenoxy) is 1. The first-order valence-electron chi connectivity index (χ1n) is 5.72. The van der Waals surface area contributed by atoms with Crippen molar-refractivity contribution in [2.24, 2.45) is 0 Å². The molecule has 1 unspecified atom stereocenters. The van der Waals surface area contributed by atoms with Gasteiger partial charge in [-0.15, -0.1) is 0 Å². The van der Waals surface area contributed by atoms with Gasteiger partial charge in [0.25, 0.3) is 0 Å². The molecular formula is C13H19NO. The first-order chi connectivity index (χ1) is 7.28. The fraction of sp³-hybridized carbons (Fsp3) is 0.538. The van der Waals surface area contributed by atoms with Gasteiger partial charge in [-0.2, -0.15) is 0 Å². The molecule has 2 nitrogen and oxygen atoms in total. The molecule has 1 heterocycles. The Morgan fingerprint density at radius 1 is 1.33 bits per heavy atom. The van der Waals surface area contributed by atoms with Gasteiger partial charge in [0, 0.05) is 13.1 Å². The molecule has 1 atom stereocenters. The summed E-state index contributed by atoms with van der Waals surface area (Å²) in [4.78, 5) is 2.31. The van der Waals surface area contributed by atoms with E-state index in [4.69, 9.17) is 4.74 Å². The largest absolute Gasteiger partial charge is 0.489 e. The molecule has 0 radical (unpaired) electrons. The van der Waals surface area contributed by atoms with E-state index in [0.717, 1.165) is 31.7 Å². The van der Waals surface area contributed by atoms with E-state index in [1.165, 1.54) is 5.56 Å². The van der Waals surface area contributed by atoms with E-state index in [1.54, 1.807) is 0 Å². The fourth-order valence-electron chi connectivity index (χ4n) is 1.99. The Bertz CT molecular complexity index is 307. The Morgan fingerprint density at radius 2 is 2.07 bits per heavy atom. The number of likely N-dealkylation sites (N-methyl/N-ethyl adjacent to an activating group) is 1. The third-order valence-corrected chi connectivity index (χ3v) is 2.98. The second-order valence-corrected chi connectivity index (χ2v) is 4.29. The van der Waals surface area contributed by atoms with Gasteiger partial charge in [0.05, 0.1) is 0 Å². The molecular weight excluding hydrogens is 186 g/mol. The predicted molar refractivity (Wildman–Crippen MR) is 62.4 cm³/mol. The summed E-state index contributed by atoms with van der Waals surface area (Å²) in [6, 6.07) is 8.45. The SMILES string of the molecule is CCc1ccc(OC2CCN(C)C2)cc1. The smallest absolute Gasteiger partial charge is 0.119 e. The monoisotopic (exact) mass is 205 g/mol. The van der Waals surface area contributed by atoms with Crippen LogP contribution in [-0.4, -0.2) is 31.1 Å². The standard InChI is InChI=1S/C13H19NO/c1-3-11-4-6-12(7-5-11)15-13-8-9-14(2)10-13/h4-7,13H,3,8-10H2,1-2H3. The van der Waals surface area contributed by atoms with Crippen molar-refractivity contribution in [2.75, 3.05) is 20.1 Å². The normalized spacial score (nSPS) is 21.9. The molecule has 1 aromatic carbocycles. The summed E-state index contributed by atoms with van der Waals surface area (Å²) in [5.74, 6) is 1.01. The highest BCUT2D eigenvalue weighted by molar-refractivity contribution is 5.27. The molecule has 2 rings (SSSR count). The molecule has 0 bridgehead atoms. The number of nitrogens with zero attached hydrogens (tertiary/aromatic N) is 1. The number of rotatable bonds is 3. The summed E-state index contributed by atoms with van der Waals surface area (Å²) in [6.07, 6.45) is 2.61. The summed E-state index contributed by atoms with van der Waals surface area (Å²) in [5.41, 5.74) is 1.37. The van der Waals surface area contributed by atoms with E-state index in [-0.39, 0.29) is 0 Å². The number of likely N-dealkylation sites (tertiary alicyclic amines) is 1. The van der Waals surface area contributed by atoms with Gasteiger partial charge in [-0.05, 0) is 37.6 Å². The zero-order chi connectivity index (χ0) is 10.7. The molecule has 1 saturated heterocycles. The first kappa shape index (κ1) is 10.5. The van der Waals surface area contributed by atoms with Crippen molar-refractivity contribution >= 4 is 0 Å². The first-order valence-corrected chi connectivity index (χ1v) is 5.72. The van der Waals surface area contributed by atoms with Gasteiger partial charge < -0.3 is 9.64 Å². The van der Waals surface area contributed by atoms with E-state index in [9.17, 15) is 0 Å². The Balaban J connectivity index is 1.93. The lowest BCUT2D eigenvalue weighted by atomic mass is 10.2. The van der Waals surface area contributed by atoms with E-state index < -0.39 is 0 Å². The molecule has 1 aromatic rings. The van der Waals surface area contributed by atoms with Crippen LogP contribution in [0.5, 0.6) is 5.75 Å². The van der Waals surface area contributed by atoms with E-state index in [0.29, 0.717) is 6.10 Å². The molecule has 0 aliphatic carbocycles. The minimum Gasteiger partial charge on any atom is -0.489 e. The number of benzene rings is 1. The Labute approximate surface area is 91.9 Å². The van der Waals surface area contributed by atoms with E-state index in [1.807, 2.05) is 0 Å². The molecule has 1 fully saturated rings. The van der Waals surface area contributed by atoms with Gasteiger partial charge in [0.15, 0.2) is 0 Å². The minimum absolute atomic E-state index is 0.377. The van der Waals surface area contributed by atoms with Crippen molar-refractivity contribution in [3.63, 3.8) is 0 Å². The van der Waals surface area contributed by atoms with Crippen LogP contribution in [0.2, 0.25) is 0 Å². The Hall–Kier alpha value is -1.02. The molecule has 82 valence electrons. The van der Waals surface area contributed by atoms with Gasteiger partial charge in [-0.3, -0.25) is 0 Å². The summed E-state index contributed by atoms with van der Waals surface area (Å²) in [7, 11) is 2.14. The highest BCUT2D eigenvalue weighted by Crippen LogP contribution is 2.18. The average Bonchev–Trinajstić information content (AvgIpc) is 2.65. The molecule has 0 N–H and O–H groups in total. The zero-order valence-corrected chi connectivity index (χ0v) is 9.57. The van der Waals surface area contributed by atoms with Gasteiger partial charge in [0.1, 0.15) is 11.9 Å². The van der Waals surface area contributed by atoms with Gasteiger partial charge in [-0.25, -0.2) is 0 Å². The lowest BCUT2D eigenvalue weighted by Gasteiger charge is -2.13. The lowest BCUT2D eigenvalue weighted by Crippen LogP contribution is -2.21. The van der Waals surface area contributed by atoms with Crippen LogP contribution in [0, 0.1) is 0 Å². The minimum atomic E-state index is 0.377. The predicted octanol–water partition coefficient (Wildman–Crippen LogP) is 2.33. The molecule has 0 saturated carbocycles. The van der Waals surface area contributed by atoms with Crippen molar-refractivity contribution in [2.45, 2.75) is 25.9 Å². The highest BCUT2D eigenvalue weighted by Gasteiger charge is 2.20. The number of aryl methyl sites for hydroxylation is 1. The van der Waals surface area contributed by atoms with Crippen LogP contribution in [0.1, 0.15) is 18.9 Å². The van der Waals surface area contributed by atoms with Gasteiger partial charge >= 0.3 is 0 Å². The molecule has 2 heteroatoms. The van der Waals surface area contributed by atoms with Crippen LogP contribution in [-0.2, 0) is 6.42 Å². The van der Waals surface area contributed by atoms with Crippen LogP contribution in [0.4, 0.5) is 0 Å². The van der Waals surface area contributed by atoms with Crippen LogP contribution >= 0.6 is 0 Å². The summed E-state index contributed by atoms with van der Waals surface area (Å²) < 4.78 is 5.90. The van der Waals surface area contributed by atoms with Gasteiger partial charge in [0.2, 0.25) is 0 Å². The summed E-state index contributed by atoms with van der Waals surface area (Å²) >= 11 is 0. The summed E-state index contributed by atoms with van der Waals surface area (Å²) in [6.45, 7) is 4.37. The quantitative estimate of drug-likeness (QED) is 0.751. The highest BCUT2D eigenvalue weighted by atomic mass is 16.5. The average molecular weight is 205 g/mol. The maximum Gasteiger partial charge on any atom is 0.119 e. The number of hydrogen-bond donors (Lipinski definition) is 0. The van der Waals surface area contributed by atoms with Crippen molar-refractivity contribution in [3.05, 3.63) is 29.8 Å². The van der Waals surface area contributed by atoms with Crippen molar-refractivity contribution < 1.29 is 4.74 Å². The molecule has 1 aliphatic heterocycles. The van der Waals surface area contributed by atoms with Crippen molar-refractivity contribution in [3.8, 4) is 5.75 Å². The Kier molecular flexibility index (Phi) is 3.27. The molecule has 15 heavy (non-hydrogen) atoms. The zero-order valence-electron chi connectivity index (χ0n) is 9.57. The third-order valence-electron chi connectivity index (χ3n) is 2.98. The van der Waals surface area contributed by atoms with Crippen LogP contribution < -0.4 is 4.74 Å². The van der Waals surface area contributed by atoms with Crippen LogP contribution in [0.15, 0.2) is 24.3 Å². The second-order valence-electron chi connectivity index (χ2n) is 4.29. The van der Waals surface area contributed by atoms with Crippen LogP contribution in [0.25, 0.3) is 0 Å². The molecule has 0 aromatic heterocycles. The van der Waals surface area contributed by atoms with Crippen molar-refractivity contribution in [1.82, 2.24) is 4.90 Å². The maximum atomic E-state index is 5.90. The van der Waals surface area contributed by atoms with Crippen LogP contribution in [0.3, 0.4) is 0 Å². The molecule has 0 amide bonds. The second kappa shape index (κ2) is 4.67. The Morgan fingerprint density at radius 3 is 2.60 bits per heavy atom. The number of hydrogen-bond acceptors (Lipinski definition) is 2. The van der Waals surface area contributed by atoms with Crippen molar-refractivity contribution in [1.29, 1.82) is 0 Å². The summed E-state index contributed by atoms with van der Waals surface area (Å²) in [5, 5.41) is 0.